The van der Waals surface area contributed by atoms with Crippen LogP contribution in [0.3, 0.4) is 0 Å². The van der Waals surface area contributed by atoms with Gasteiger partial charge in [-0.2, -0.15) is 0 Å². The van der Waals surface area contributed by atoms with Gasteiger partial charge in [-0.15, -0.1) is 0 Å². The zero-order chi connectivity index (χ0) is 40.1. The molecule has 0 saturated carbocycles. The SMILES string of the molecule is C=CCOC(=O)Nc1cc(OCCCOc2cc(NC(=O)OCC=C)c(C(=O)N3CC(=C)C[C@H]3CO)cc2OC)c(OC)cc1C(=O)N1CC(=C)CC1CO. The average Bonchev–Trinajstić information content (AvgIpc) is 3.76. The van der Waals surface area contributed by atoms with Crippen LogP contribution in [0, 0.1) is 0 Å². The molecule has 0 aliphatic carbocycles. The minimum atomic E-state index is -0.827. The first-order chi connectivity index (χ1) is 26.5. The number of hydrogen-bond donors (Lipinski definition) is 4. The number of benzene rings is 2. The average molecular weight is 765 g/mol. The van der Waals surface area contributed by atoms with E-state index in [0.29, 0.717) is 19.3 Å². The van der Waals surface area contributed by atoms with Gasteiger partial charge in [0.1, 0.15) is 13.2 Å². The van der Waals surface area contributed by atoms with Crippen LogP contribution in [-0.2, 0) is 9.47 Å². The van der Waals surface area contributed by atoms with Gasteiger partial charge in [0.05, 0.1) is 75.2 Å². The molecule has 55 heavy (non-hydrogen) atoms. The van der Waals surface area contributed by atoms with Crippen molar-refractivity contribution in [3.63, 3.8) is 0 Å². The van der Waals surface area contributed by atoms with Gasteiger partial charge in [0.25, 0.3) is 11.8 Å². The largest absolute Gasteiger partial charge is 0.493 e. The predicted molar refractivity (Wildman–Crippen MR) is 203 cm³/mol. The summed E-state index contributed by atoms with van der Waals surface area (Å²) in [5.41, 5.74) is 1.93. The van der Waals surface area contributed by atoms with Crippen molar-refractivity contribution in [1.82, 2.24) is 9.80 Å². The molecule has 0 spiro atoms. The third-order valence-corrected chi connectivity index (χ3v) is 8.67. The van der Waals surface area contributed by atoms with Gasteiger partial charge in [0, 0.05) is 31.6 Å². The van der Waals surface area contributed by atoms with Crippen LogP contribution in [-0.4, -0.2) is 123 Å². The fourth-order valence-electron chi connectivity index (χ4n) is 6.08. The highest BCUT2D eigenvalue weighted by Crippen LogP contribution is 2.38. The number of amides is 4. The summed E-state index contributed by atoms with van der Waals surface area (Å²) in [6, 6.07) is 4.83. The molecule has 4 N–H and O–H groups in total. The Morgan fingerprint density at radius 1 is 0.709 bits per heavy atom. The lowest BCUT2D eigenvalue weighted by Crippen LogP contribution is -2.38. The third kappa shape index (κ3) is 10.6. The number of carbonyl (C=O) groups excluding carboxylic acids is 4. The van der Waals surface area contributed by atoms with Crippen LogP contribution in [0.4, 0.5) is 21.0 Å². The maximum absolute atomic E-state index is 13.7. The summed E-state index contributed by atoms with van der Waals surface area (Å²) in [7, 11) is 2.81. The summed E-state index contributed by atoms with van der Waals surface area (Å²) in [6.07, 6.45) is 2.34. The number of rotatable bonds is 18. The quantitative estimate of drug-likeness (QED) is 0.122. The molecule has 2 fully saturated rings. The monoisotopic (exact) mass is 764 g/mol. The van der Waals surface area contributed by atoms with Crippen LogP contribution in [0.5, 0.6) is 23.0 Å². The summed E-state index contributed by atoms with van der Waals surface area (Å²) in [6.45, 7) is 15.0. The van der Waals surface area contributed by atoms with Crippen LogP contribution in [0.2, 0.25) is 0 Å². The lowest BCUT2D eigenvalue weighted by molar-refractivity contribution is 0.0674. The van der Waals surface area contributed by atoms with E-state index in [-0.39, 0.29) is 98.2 Å². The lowest BCUT2D eigenvalue weighted by atomic mass is 10.1. The number of ether oxygens (including phenoxy) is 6. The van der Waals surface area contributed by atoms with Crippen LogP contribution in [0.15, 0.2) is 73.9 Å². The van der Waals surface area contributed by atoms with E-state index in [2.05, 4.69) is 36.9 Å². The molecule has 16 nitrogen and oxygen atoms in total. The first kappa shape index (κ1) is 41.8. The summed E-state index contributed by atoms with van der Waals surface area (Å²) in [5, 5.41) is 24.9. The Balaban J connectivity index is 1.52. The molecule has 2 atom stereocenters. The predicted octanol–water partition coefficient (Wildman–Crippen LogP) is 4.55. The smallest absolute Gasteiger partial charge is 0.411 e. The number of likely N-dealkylation sites (tertiary alicyclic amines) is 2. The van der Waals surface area contributed by atoms with Crippen molar-refractivity contribution in [3.8, 4) is 23.0 Å². The van der Waals surface area contributed by atoms with Crippen molar-refractivity contribution in [2.45, 2.75) is 31.3 Å². The Hall–Kier alpha value is -6.00. The minimum absolute atomic E-state index is 0.0628. The number of nitrogens with zero attached hydrogens (tertiary/aromatic N) is 2. The van der Waals surface area contributed by atoms with E-state index >= 15 is 0 Å². The molecule has 0 aromatic heterocycles. The maximum Gasteiger partial charge on any atom is 0.411 e. The first-order valence-electron chi connectivity index (χ1n) is 17.4. The van der Waals surface area contributed by atoms with E-state index in [4.69, 9.17) is 28.4 Å². The molecule has 2 aliphatic rings. The fourth-order valence-corrected chi connectivity index (χ4v) is 6.08. The molecule has 296 valence electrons. The second-order valence-corrected chi connectivity index (χ2v) is 12.6. The van der Waals surface area contributed by atoms with Crippen LogP contribution in [0.1, 0.15) is 40.0 Å². The van der Waals surface area contributed by atoms with Crippen molar-refractivity contribution >= 4 is 35.4 Å². The van der Waals surface area contributed by atoms with Crippen molar-refractivity contribution in [2.75, 3.05) is 77.6 Å². The molecule has 2 heterocycles. The second-order valence-electron chi connectivity index (χ2n) is 12.6. The van der Waals surface area contributed by atoms with Crippen molar-refractivity contribution < 1.29 is 57.8 Å². The van der Waals surface area contributed by atoms with E-state index in [1.54, 1.807) is 0 Å². The zero-order valence-corrected chi connectivity index (χ0v) is 31.1. The highest BCUT2D eigenvalue weighted by atomic mass is 16.6. The standard InChI is InChI=1S/C39H48N4O12/c1-7-10-54-38(48)40-30-18-34(32(50-5)16-28(30)36(46)42-20-24(3)14-26(42)22-44)52-12-9-13-53-35-19-31(41-39(49)55-11-8-2)29(17-33(35)51-6)37(47)43-21-25(4)15-27(43)23-45/h7-8,16-19,26-27,44-45H,1-4,9-15,20-23H2,5-6H3,(H,40,48)(H,41,49)/t26-,27?/m0/s1. The van der Waals surface area contributed by atoms with Gasteiger partial charge in [-0.05, 0) is 25.0 Å². The maximum atomic E-state index is 13.7. The first-order valence-corrected chi connectivity index (χ1v) is 17.4. The molecule has 2 saturated heterocycles. The summed E-state index contributed by atoms with van der Waals surface area (Å²) in [4.78, 5) is 55.5. The van der Waals surface area contributed by atoms with Gasteiger partial charge in [-0.3, -0.25) is 20.2 Å². The summed E-state index contributed by atoms with van der Waals surface area (Å²) >= 11 is 0. The van der Waals surface area contributed by atoms with Crippen LogP contribution < -0.4 is 29.6 Å². The number of nitrogens with one attached hydrogen (secondary N) is 2. The number of aliphatic hydroxyl groups excluding tert-OH is 2. The molecule has 2 aliphatic heterocycles. The highest BCUT2D eigenvalue weighted by Gasteiger charge is 2.34. The zero-order valence-electron chi connectivity index (χ0n) is 31.1. The van der Waals surface area contributed by atoms with Gasteiger partial charge in [0.2, 0.25) is 0 Å². The number of carbonyl (C=O) groups is 4. The van der Waals surface area contributed by atoms with E-state index in [9.17, 15) is 29.4 Å². The fraction of sp³-hybridized carbons (Fsp3) is 0.385. The summed E-state index contributed by atoms with van der Waals surface area (Å²) < 4.78 is 33.3. The molecular weight excluding hydrogens is 716 g/mol. The van der Waals surface area contributed by atoms with Gasteiger partial charge < -0.3 is 48.4 Å². The Morgan fingerprint density at radius 2 is 1.11 bits per heavy atom. The van der Waals surface area contributed by atoms with Crippen LogP contribution in [0.25, 0.3) is 0 Å². The molecule has 2 aromatic rings. The van der Waals surface area contributed by atoms with Crippen LogP contribution >= 0.6 is 0 Å². The number of anilines is 2. The van der Waals surface area contributed by atoms with E-state index in [1.807, 2.05) is 0 Å². The minimum Gasteiger partial charge on any atom is -0.493 e. The van der Waals surface area contributed by atoms with Gasteiger partial charge in [-0.1, -0.05) is 49.6 Å². The number of methoxy groups -OCH3 is 2. The highest BCUT2D eigenvalue weighted by molar-refractivity contribution is 6.05. The summed E-state index contributed by atoms with van der Waals surface area (Å²) in [5.74, 6) is -0.0912. The van der Waals surface area contributed by atoms with E-state index < -0.39 is 36.1 Å². The van der Waals surface area contributed by atoms with Gasteiger partial charge in [0.15, 0.2) is 23.0 Å². The lowest BCUT2D eigenvalue weighted by Gasteiger charge is -2.25. The molecule has 2 aromatic carbocycles. The topological polar surface area (TPSA) is 195 Å². The normalized spacial score (nSPS) is 16.3. The molecule has 4 amide bonds. The molecule has 0 radical (unpaired) electrons. The molecule has 1 unspecified atom stereocenters. The Labute approximate surface area is 319 Å². The molecule has 0 bridgehead atoms. The number of aliphatic hydroxyl groups is 2. The molecular formula is C39H48N4O12. The molecule has 16 heteroatoms. The van der Waals surface area contributed by atoms with E-state index in [1.165, 1.54) is 60.4 Å². The van der Waals surface area contributed by atoms with E-state index in [0.717, 1.165) is 11.1 Å². The number of hydrogen-bond acceptors (Lipinski definition) is 12. The second kappa shape index (κ2) is 19.9. The third-order valence-electron chi connectivity index (χ3n) is 8.67. The molecule has 4 rings (SSSR count). The Morgan fingerprint density at radius 3 is 1.45 bits per heavy atom. The van der Waals surface area contributed by atoms with Gasteiger partial charge in [-0.25, -0.2) is 9.59 Å². The van der Waals surface area contributed by atoms with Crippen molar-refractivity contribution in [3.05, 3.63) is 85.0 Å². The van der Waals surface area contributed by atoms with Crippen molar-refractivity contribution in [1.29, 1.82) is 0 Å². The Kier molecular flexibility index (Phi) is 15.1. The van der Waals surface area contributed by atoms with Gasteiger partial charge >= 0.3 is 12.2 Å². The Bertz CT molecular complexity index is 1670. The van der Waals surface area contributed by atoms with Crippen molar-refractivity contribution in [2.24, 2.45) is 0 Å².